The number of hydrogen-bond donors (Lipinski definition) is 0. The maximum Gasteiger partial charge on any atom is 0.143 e. The third kappa shape index (κ3) is 3.24. The van der Waals surface area contributed by atoms with E-state index in [1.54, 1.807) is 0 Å². The Hall–Kier alpha value is -5.40. The second-order valence-corrected chi connectivity index (χ2v) is 10.8. The molecule has 190 valence electrons. The molecule has 0 aliphatic heterocycles. The van der Waals surface area contributed by atoms with Gasteiger partial charge in [0.05, 0.1) is 0 Å². The average molecular weight is 521 g/mol. The molecule has 0 atom stereocenters. The molecule has 9 aromatic rings. The predicted molar refractivity (Wildman–Crippen MR) is 175 cm³/mol. The van der Waals surface area contributed by atoms with Crippen LogP contribution in [0.1, 0.15) is 0 Å². The second kappa shape index (κ2) is 8.55. The number of furan rings is 1. The molecular formula is C40H24O. The van der Waals surface area contributed by atoms with Crippen LogP contribution in [0.25, 0.3) is 87.3 Å². The van der Waals surface area contributed by atoms with E-state index >= 15 is 0 Å². The van der Waals surface area contributed by atoms with Crippen molar-refractivity contribution >= 4 is 65.0 Å². The highest BCUT2D eigenvalue weighted by Gasteiger charge is 2.18. The summed E-state index contributed by atoms with van der Waals surface area (Å²) in [5, 5.41) is 12.4. The van der Waals surface area contributed by atoms with Gasteiger partial charge >= 0.3 is 0 Å². The summed E-state index contributed by atoms with van der Waals surface area (Å²) in [7, 11) is 0. The number of rotatable bonds is 2. The van der Waals surface area contributed by atoms with Gasteiger partial charge in [-0.2, -0.15) is 0 Å². The summed E-state index contributed by atoms with van der Waals surface area (Å²) in [4.78, 5) is 0. The van der Waals surface area contributed by atoms with Gasteiger partial charge in [-0.05, 0) is 78.0 Å². The van der Waals surface area contributed by atoms with E-state index in [1.807, 2.05) is 6.07 Å². The van der Waals surface area contributed by atoms with Gasteiger partial charge in [0.1, 0.15) is 11.2 Å². The van der Waals surface area contributed by atoms with Crippen molar-refractivity contribution in [1.29, 1.82) is 0 Å². The van der Waals surface area contributed by atoms with Crippen LogP contribution < -0.4 is 0 Å². The standard InChI is InChI=1S/C40H24O/c1-2-13-27-25(11-1)12-9-19-28(27)36-23-26-24-37(35-21-10-20-34-31-16-7-8-22-38(31)41-40(34)35)30-15-4-6-18-33(30)39(26)32-17-5-3-14-29(32)36/h1-24H. The topological polar surface area (TPSA) is 13.1 Å². The highest BCUT2D eigenvalue weighted by atomic mass is 16.3. The van der Waals surface area contributed by atoms with Crippen molar-refractivity contribution < 1.29 is 4.42 Å². The van der Waals surface area contributed by atoms with Crippen molar-refractivity contribution in [3.63, 3.8) is 0 Å². The van der Waals surface area contributed by atoms with Crippen LogP contribution in [-0.4, -0.2) is 0 Å². The average Bonchev–Trinajstić information content (AvgIpc) is 3.43. The van der Waals surface area contributed by atoms with Crippen molar-refractivity contribution in [3.8, 4) is 22.3 Å². The molecule has 1 aromatic heterocycles. The second-order valence-electron chi connectivity index (χ2n) is 10.8. The largest absolute Gasteiger partial charge is 0.455 e. The van der Waals surface area contributed by atoms with Gasteiger partial charge in [0.15, 0.2) is 0 Å². The summed E-state index contributed by atoms with van der Waals surface area (Å²) in [5.41, 5.74) is 6.69. The lowest BCUT2D eigenvalue weighted by Gasteiger charge is -2.17. The monoisotopic (exact) mass is 520 g/mol. The number of fused-ring (bicyclic) bond motifs is 9. The van der Waals surface area contributed by atoms with Crippen molar-refractivity contribution in [1.82, 2.24) is 0 Å². The van der Waals surface area contributed by atoms with E-state index in [0.717, 1.165) is 27.5 Å². The van der Waals surface area contributed by atoms with Crippen LogP contribution in [0.3, 0.4) is 0 Å². The minimum atomic E-state index is 0.921. The van der Waals surface area contributed by atoms with E-state index in [2.05, 4.69) is 140 Å². The normalized spacial score (nSPS) is 11.9. The Morgan fingerprint density at radius 1 is 0.317 bits per heavy atom. The molecule has 0 spiro atoms. The van der Waals surface area contributed by atoms with Crippen LogP contribution in [-0.2, 0) is 0 Å². The predicted octanol–water partition coefficient (Wildman–Crippen LogP) is 11.5. The zero-order valence-electron chi connectivity index (χ0n) is 22.3. The third-order valence-electron chi connectivity index (χ3n) is 8.64. The van der Waals surface area contributed by atoms with Gasteiger partial charge in [-0.25, -0.2) is 0 Å². The quantitative estimate of drug-likeness (QED) is 0.207. The van der Waals surface area contributed by atoms with Crippen molar-refractivity contribution in [2.75, 3.05) is 0 Å². The molecule has 0 radical (unpaired) electrons. The molecular weight excluding hydrogens is 496 g/mol. The van der Waals surface area contributed by atoms with Gasteiger partial charge in [-0.15, -0.1) is 0 Å². The van der Waals surface area contributed by atoms with Crippen LogP contribution in [0.15, 0.2) is 150 Å². The van der Waals surface area contributed by atoms with Crippen molar-refractivity contribution in [3.05, 3.63) is 146 Å². The molecule has 0 fully saturated rings. The molecule has 9 rings (SSSR count). The van der Waals surface area contributed by atoms with Crippen LogP contribution in [0, 0.1) is 0 Å². The smallest absolute Gasteiger partial charge is 0.143 e. The first-order chi connectivity index (χ1) is 20.3. The number of benzene rings is 8. The fourth-order valence-corrected chi connectivity index (χ4v) is 6.85. The van der Waals surface area contributed by atoms with E-state index in [0.29, 0.717) is 0 Å². The Morgan fingerprint density at radius 3 is 1.59 bits per heavy atom. The maximum atomic E-state index is 6.51. The van der Waals surface area contributed by atoms with E-state index in [1.165, 1.54) is 59.8 Å². The molecule has 8 aromatic carbocycles. The highest BCUT2D eigenvalue weighted by molar-refractivity contribution is 6.27. The van der Waals surface area contributed by atoms with Crippen molar-refractivity contribution in [2.45, 2.75) is 0 Å². The van der Waals surface area contributed by atoms with Crippen LogP contribution in [0.2, 0.25) is 0 Å². The first-order valence-electron chi connectivity index (χ1n) is 14.1. The molecule has 41 heavy (non-hydrogen) atoms. The van der Waals surface area contributed by atoms with E-state index in [-0.39, 0.29) is 0 Å². The molecule has 1 heteroatoms. The van der Waals surface area contributed by atoms with E-state index in [4.69, 9.17) is 4.42 Å². The molecule has 0 aliphatic carbocycles. The Morgan fingerprint density at radius 2 is 0.829 bits per heavy atom. The summed E-state index contributed by atoms with van der Waals surface area (Å²) in [6, 6.07) is 52.6. The van der Waals surface area contributed by atoms with Crippen LogP contribution in [0.5, 0.6) is 0 Å². The van der Waals surface area contributed by atoms with E-state index in [9.17, 15) is 0 Å². The molecule has 0 N–H and O–H groups in total. The number of para-hydroxylation sites is 2. The molecule has 0 saturated carbocycles. The Bertz CT molecular complexity index is 2470. The van der Waals surface area contributed by atoms with Crippen LogP contribution >= 0.6 is 0 Å². The van der Waals surface area contributed by atoms with Gasteiger partial charge < -0.3 is 4.42 Å². The summed E-state index contributed by atoms with van der Waals surface area (Å²) in [6.07, 6.45) is 0. The first-order valence-corrected chi connectivity index (χ1v) is 14.1. The lowest BCUT2D eigenvalue weighted by molar-refractivity contribution is 0.670. The molecule has 0 bridgehead atoms. The molecule has 1 heterocycles. The van der Waals surface area contributed by atoms with Gasteiger partial charge in [0.2, 0.25) is 0 Å². The summed E-state index contributed by atoms with van der Waals surface area (Å²) in [5.74, 6) is 0. The van der Waals surface area contributed by atoms with Gasteiger partial charge in [-0.3, -0.25) is 0 Å². The molecule has 0 unspecified atom stereocenters. The molecule has 0 amide bonds. The minimum absolute atomic E-state index is 0.921. The SMILES string of the molecule is c1ccc2c(-c3cc4cc(-c5cccc6c5oc5ccccc56)c5ccccc5c4c4ccccc34)cccc2c1. The molecule has 0 aliphatic rings. The molecule has 1 nitrogen and oxygen atoms in total. The Balaban J connectivity index is 1.44. The summed E-state index contributed by atoms with van der Waals surface area (Å²) in [6.45, 7) is 0. The summed E-state index contributed by atoms with van der Waals surface area (Å²) < 4.78 is 6.51. The fraction of sp³-hybridized carbons (Fsp3) is 0. The Labute approximate surface area is 236 Å². The van der Waals surface area contributed by atoms with Crippen molar-refractivity contribution in [2.24, 2.45) is 0 Å². The lowest BCUT2D eigenvalue weighted by atomic mass is 9.86. The third-order valence-corrected chi connectivity index (χ3v) is 8.64. The van der Waals surface area contributed by atoms with Gasteiger partial charge in [-0.1, -0.05) is 127 Å². The van der Waals surface area contributed by atoms with E-state index < -0.39 is 0 Å². The first kappa shape index (κ1) is 22.4. The summed E-state index contributed by atoms with van der Waals surface area (Å²) >= 11 is 0. The van der Waals surface area contributed by atoms with Gasteiger partial charge in [0, 0.05) is 16.3 Å². The van der Waals surface area contributed by atoms with Crippen LogP contribution in [0.4, 0.5) is 0 Å². The number of hydrogen-bond acceptors (Lipinski definition) is 1. The fourth-order valence-electron chi connectivity index (χ4n) is 6.85. The highest BCUT2D eigenvalue weighted by Crippen LogP contribution is 2.45. The molecule has 0 saturated heterocycles. The zero-order chi connectivity index (χ0) is 26.9. The lowest BCUT2D eigenvalue weighted by Crippen LogP contribution is -1.90. The maximum absolute atomic E-state index is 6.51. The Kier molecular flexibility index (Phi) is 4.67. The minimum Gasteiger partial charge on any atom is -0.455 e. The zero-order valence-corrected chi connectivity index (χ0v) is 22.3. The van der Waals surface area contributed by atoms with Gasteiger partial charge in [0.25, 0.3) is 0 Å².